The summed E-state index contributed by atoms with van der Waals surface area (Å²) in [4.78, 5) is 19.2. The molecule has 0 bridgehead atoms. The number of likely N-dealkylation sites (tertiary alicyclic amines) is 1. The summed E-state index contributed by atoms with van der Waals surface area (Å²) in [6.07, 6.45) is -0.268. The summed E-state index contributed by atoms with van der Waals surface area (Å²) in [7, 11) is 0. The second-order valence-corrected chi connectivity index (χ2v) is 9.52. The third kappa shape index (κ3) is 6.14. The number of nitrogens with zero attached hydrogens (tertiary/aromatic N) is 3. The van der Waals surface area contributed by atoms with Gasteiger partial charge in [0.2, 0.25) is 5.91 Å². The predicted octanol–water partition coefficient (Wildman–Crippen LogP) is 3.39. The minimum atomic E-state index is -4.47. The van der Waals surface area contributed by atoms with Gasteiger partial charge >= 0.3 is 6.18 Å². The summed E-state index contributed by atoms with van der Waals surface area (Å²) in [5.74, 6) is -0.181. The number of hydrogen-bond donors (Lipinski definition) is 3. The van der Waals surface area contributed by atoms with Gasteiger partial charge in [-0.05, 0) is 48.7 Å². The molecular formula is C26H29F3N6O3. The highest BCUT2D eigenvalue weighted by molar-refractivity contribution is 5.92. The van der Waals surface area contributed by atoms with Crippen molar-refractivity contribution in [2.24, 2.45) is 0 Å². The summed E-state index contributed by atoms with van der Waals surface area (Å²) >= 11 is 0. The Labute approximate surface area is 217 Å². The fourth-order valence-corrected chi connectivity index (χ4v) is 4.61. The molecule has 1 aromatic carbocycles. The summed E-state index contributed by atoms with van der Waals surface area (Å²) in [6, 6.07) is 7.53. The van der Waals surface area contributed by atoms with Gasteiger partial charge in [-0.25, -0.2) is 0 Å². The van der Waals surface area contributed by atoms with Crippen molar-refractivity contribution >= 4 is 22.6 Å². The molecule has 2 atom stereocenters. The third-order valence-electron chi connectivity index (χ3n) is 6.77. The first-order valence-corrected chi connectivity index (χ1v) is 12.4. The average molecular weight is 531 g/mol. The number of H-pyrrole nitrogens is 1. The lowest BCUT2D eigenvalue weighted by atomic mass is 10.1. The van der Waals surface area contributed by atoms with Crippen LogP contribution in [0.2, 0.25) is 0 Å². The molecule has 9 nitrogen and oxygen atoms in total. The van der Waals surface area contributed by atoms with Gasteiger partial charge in [-0.2, -0.15) is 18.3 Å². The molecule has 38 heavy (non-hydrogen) atoms. The van der Waals surface area contributed by atoms with Gasteiger partial charge in [-0.3, -0.25) is 19.8 Å². The number of carbonyl (C=O) groups is 1. The minimum Gasteiger partial charge on any atom is -0.380 e. The average Bonchev–Trinajstić information content (AvgIpc) is 3.65. The third-order valence-corrected chi connectivity index (χ3v) is 6.77. The molecule has 4 heterocycles. The maximum absolute atomic E-state index is 13.1. The van der Waals surface area contributed by atoms with Crippen molar-refractivity contribution in [1.29, 1.82) is 0 Å². The zero-order valence-electron chi connectivity index (χ0n) is 20.8. The molecule has 1 amide bonds. The maximum Gasteiger partial charge on any atom is 0.416 e. The van der Waals surface area contributed by atoms with Crippen molar-refractivity contribution in [2.45, 2.75) is 38.3 Å². The number of pyridine rings is 1. The van der Waals surface area contributed by atoms with Crippen LogP contribution >= 0.6 is 0 Å². The number of rotatable bonds is 8. The van der Waals surface area contributed by atoms with Crippen LogP contribution in [0.4, 0.5) is 19.0 Å². The van der Waals surface area contributed by atoms with E-state index in [0.29, 0.717) is 37.9 Å². The topological polar surface area (TPSA) is 104 Å². The molecule has 0 radical (unpaired) electrons. The van der Waals surface area contributed by atoms with E-state index >= 15 is 0 Å². The fourth-order valence-electron chi connectivity index (χ4n) is 4.61. The first kappa shape index (κ1) is 26.1. The number of carbonyl (C=O) groups excluding carboxylic acids is 1. The summed E-state index contributed by atoms with van der Waals surface area (Å²) < 4.78 is 51.0. The van der Waals surface area contributed by atoms with Gasteiger partial charge in [0.1, 0.15) is 0 Å². The number of alkyl halides is 3. The smallest absolute Gasteiger partial charge is 0.380 e. The van der Waals surface area contributed by atoms with Crippen molar-refractivity contribution in [2.75, 3.05) is 38.2 Å². The fraction of sp³-hybridized carbons (Fsp3) is 0.423. The molecule has 12 heteroatoms. The number of benzene rings is 1. The van der Waals surface area contributed by atoms with Crippen LogP contribution in [0.5, 0.6) is 0 Å². The van der Waals surface area contributed by atoms with E-state index in [2.05, 4.69) is 30.7 Å². The molecule has 2 aliphatic heterocycles. The van der Waals surface area contributed by atoms with Crippen molar-refractivity contribution in [3.05, 3.63) is 65.1 Å². The number of fused-ring (bicyclic) bond motifs is 1. The highest BCUT2D eigenvalue weighted by Gasteiger charge is 2.34. The predicted molar refractivity (Wildman–Crippen MR) is 134 cm³/mol. The maximum atomic E-state index is 13.1. The van der Waals surface area contributed by atoms with E-state index < -0.39 is 11.7 Å². The Balaban J connectivity index is 1.21. The van der Waals surface area contributed by atoms with Gasteiger partial charge in [-0.15, -0.1) is 0 Å². The molecule has 3 N–H and O–H groups in total. The molecule has 0 spiro atoms. The van der Waals surface area contributed by atoms with Crippen LogP contribution in [0, 0.1) is 6.92 Å². The Morgan fingerprint density at radius 3 is 2.92 bits per heavy atom. The number of aryl methyl sites for hydroxylation is 1. The molecular weight excluding hydrogens is 501 g/mol. The lowest BCUT2D eigenvalue weighted by molar-refractivity contribution is -0.137. The normalized spacial score (nSPS) is 21.4. The molecule has 2 saturated heterocycles. The van der Waals surface area contributed by atoms with E-state index in [1.807, 2.05) is 19.1 Å². The standard InChI is InChI=1S/C26H29F3N6O3/c1-16-2-3-17(9-30-16)14-38-23-13-35(20-6-7-37-15-20)12-18(23)10-31-24(36)11-32-25-21-8-19(26(27,28)29)4-5-22(21)33-34-25/h2-5,8-10,20,23H,6-7,11-15H2,1H3,(H,31,36)(H2,32,33,34)/b18-10-/t20?,23-/m0/s1. The van der Waals surface area contributed by atoms with Crippen LogP contribution < -0.4 is 10.6 Å². The summed E-state index contributed by atoms with van der Waals surface area (Å²) in [6.45, 7) is 4.89. The Morgan fingerprint density at radius 2 is 2.18 bits per heavy atom. The number of amides is 1. The molecule has 2 fully saturated rings. The van der Waals surface area contributed by atoms with E-state index in [9.17, 15) is 18.0 Å². The first-order chi connectivity index (χ1) is 18.3. The lowest BCUT2D eigenvalue weighted by Gasteiger charge is -2.21. The minimum absolute atomic E-state index is 0.166. The Morgan fingerprint density at radius 1 is 1.32 bits per heavy atom. The van der Waals surface area contributed by atoms with Crippen LogP contribution in [0.25, 0.3) is 10.9 Å². The number of aromatic amines is 1. The Kier molecular flexibility index (Phi) is 7.63. The van der Waals surface area contributed by atoms with Gasteiger partial charge in [0.05, 0.1) is 36.9 Å². The Bertz CT molecular complexity index is 1300. The van der Waals surface area contributed by atoms with E-state index in [1.165, 1.54) is 6.07 Å². The summed E-state index contributed by atoms with van der Waals surface area (Å²) in [5, 5.41) is 12.6. The molecule has 202 valence electrons. The number of aromatic nitrogens is 3. The number of nitrogens with one attached hydrogen (secondary N) is 3. The van der Waals surface area contributed by atoms with Crippen LogP contribution in [0.1, 0.15) is 23.2 Å². The quantitative estimate of drug-likeness (QED) is 0.410. The molecule has 2 aliphatic rings. The van der Waals surface area contributed by atoms with E-state index in [1.54, 1.807) is 12.4 Å². The van der Waals surface area contributed by atoms with Crippen molar-refractivity contribution in [1.82, 2.24) is 25.4 Å². The number of anilines is 1. The van der Waals surface area contributed by atoms with Crippen LogP contribution in [0.3, 0.4) is 0 Å². The first-order valence-electron chi connectivity index (χ1n) is 12.4. The lowest BCUT2D eigenvalue weighted by Crippen LogP contribution is -2.34. The highest BCUT2D eigenvalue weighted by atomic mass is 19.4. The van der Waals surface area contributed by atoms with E-state index in [4.69, 9.17) is 9.47 Å². The van der Waals surface area contributed by atoms with E-state index in [0.717, 1.165) is 42.0 Å². The molecule has 5 rings (SSSR count). The zero-order valence-corrected chi connectivity index (χ0v) is 20.8. The molecule has 0 aliphatic carbocycles. The van der Waals surface area contributed by atoms with Crippen LogP contribution in [0.15, 0.2) is 48.3 Å². The molecule has 3 aromatic rings. The highest BCUT2D eigenvalue weighted by Crippen LogP contribution is 2.33. The van der Waals surface area contributed by atoms with Crippen molar-refractivity contribution in [3.8, 4) is 0 Å². The van der Waals surface area contributed by atoms with Gasteiger partial charge in [0, 0.05) is 49.2 Å². The zero-order chi connectivity index (χ0) is 26.7. The Hall–Kier alpha value is -3.48. The van der Waals surface area contributed by atoms with Gasteiger partial charge < -0.3 is 20.1 Å². The molecule has 1 unspecified atom stereocenters. The summed E-state index contributed by atoms with van der Waals surface area (Å²) in [5.41, 5.74) is 2.49. The van der Waals surface area contributed by atoms with Crippen molar-refractivity contribution < 1.29 is 27.4 Å². The number of hydrogen-bond acceptors (Lipinski definition) is 7. The monoisotopic (exact) mass is 530 g/mol. The SMILES string of the molecule is Cc1ccc(CO[C@H]2CN(C3CCOC3)C/C2=C/NC(=O)CNc2n[nH]c3ccc(C(F)(F)F)cc23)cn1. The van der Waals surface area contributed by atoms with Crippen molar-refractivity contribution in [3.63, 3.8) is 0 Å². The second-order valence-electron chi connectivity index (χ2n) is 9.52. The van der Waals surface area contributed by atoms with Gasteiger partial charge in [0.15, 0.2) is 5.82 Å². The van der Waals surface area contributed by atoms with Crippen LogP contribution in [-0.4, -0.2) is 71.0 Å². The van der Waals surface area contributed by atoms with Crippen LogP contribution in [-0.2, 0) is 27.1 Å². The number of halogens is 3. The molecule has 0 saturated carbocycles. The van der Waals surface area contributed by atoms with E-state index in [-0.39, 0.29) is 29.8 Å². The van der Waals surface area contributed by atoms with Gasteiger partial charge in [-0.1, -0.05) is 6.07 Å². The largest absolute Gasteiger partial charge is 0.416 e. The van der Waals surface area contributed by atoms with Gasteiger partial charge in [0.25, 0.3) is 0 Å². The number of ether oxygens (including phenoxy) is 2. The molecule has 2 aromatic heterocycles. The second kappa shape index (κ2) is 11.1.